The molecule has 12 heteroatoms. The van der Waals surface area contributed by atoms with Crippen LogP contribution >= 0.6 is 0 Å². The monoisotopic (exact) mass is 561 g/mol. The van der Waals surface area contributed by atoms with E-state index in [1.54, 1.807) is 25.3 Å². The van der Waals surface area contributed by atoms with Crippen LogP contribution in [0.15, 0.2) is 30.3 Å². The summed E-state index contributed by atoms with van der Waals surface area (Å²) in [7, 11) is 1.57. The lowest BCUT2D eigenvalue weighted by Gasteiger charge is -2.38. The van der Waals surface area contributed by atoms with Crippen LogP contribution in [0, 0.1) is 5.92 Å². The number of benzene rings is 2. The zero-order valence-electron chi connectivity index (χ0n) is 22.5. The van der Waals surface area contributed by atoms with Crippen LogP contribution in [0.4, 0.5) is 0 Å². The Bertz CT molecular complexity index is 1220. The summed E-state index contributed by atoms with van der Waals surface area (Å²) in [4.78, 5) is 11.4. The second-order valence-electron chi connectivity index (χ2n) is 10.5. The van der Waals surface area contributed by atoms with Gasteiger partial charge in [-0.2, -0.15) is 0 Å². The summed E-state index contributed by atoms with van der Waals surface area (Å²) in [6.07, 6.45) is -7.84. The van der Waals surface area contributed by atoms with Crippen molar-refractivity contribution in [2.75, 3.05) is 27.0 Å². The molecule has 0 saturated carbocycles. The Balaban J connectivity index is 1.30. The van der Waals surface area contributed by atoms with Gasteiger partial charge < -0.3 is 48.8 Å². The SMILES string of the molecule is COc1c(OCNCCC(C)C)ccc2c1OC1c3ccc(OC4OC(C(=O)O)C(O)C(O)C4O)cc3OCC21. The summed E-state index contributed by atoms with van der Waals surface area (Å²) in [6.45, 7) is 5.85. The number of carbonyl (C=O) groups is 1. The highest BCUT2D eigenvalue weighted by Gasteiger charge is 2.48. The summed E-state index contributed by atoms with van der Waals surface area (Å²) < 4.78 is 34.9. The number of hydrogen-bond donors (Lipinski definition) is 5. The molecule has 3 heterocycles. The van der Waals surface area contributed by atoms with E-state index in [4.69, 9.17) is 28.4 Å². The molecule has 40 heavy (non-hydrogen) atoms. The number of carboxylic acids is 1. The van der Waals surface area contributed by atoms with E-state index in [0.29, 0.717) is 42.3 Å². The van der Waals surface area contributed by atoms with Gasteiger partial charge in [0.05, 0.1) is 19.6 Å². The second kappa shape index (κ2) is 11.7. The third-order valence-electron chi connectivity index (χ3n) is 7.32. The van der Waals surface area contributed by atoms with Gasteiger partial charge >= 0.3 is 5.97 Å². The average molecular weight is 562 g/mol. The Morgan fingerprint density at radius 2 is 1.88 bits per heavy atom. The van der Waals surface area contributed by atoms with Crippen molar-refractivity contribution in [3.8, 4) is 28.7 Å². The van der Waals surface area contributed by atoms with Crippen molar-refractivity contribution in [2.24, 2.45) is 5.92 Å². The topological polar surface area (TPSA) is 165 Å². The molecule has 7 atom stereocenters. The number of methoxy groups -OCH3 is 1. The number of aliphatic carboxylic acids is 1. The first kappa shape index (κ1) is 28.2. The minimum Gasteiger partial charge on any atom is -0.492 e. The van der Waals surface area contributed by atoms with E-state index in [-0.39, 0.29) is 17.8 Å². The Kier molecular flexibility index (Phi) is 8.24. The second-order valence-corrected chi connectivity index (χ2v) is 10.5. The molecule has 3 aliphatic heterocycles. The fourth-order valence-electron chi connectivity index (χ4n) is 5.11. The van der Waals surface area contributed by atoms with Crippen LogP contribution in [0.3, 0.4) is 0 Å². The first-order valence-electron chi connectivity index (χ1n) is 13.3. The van der Waals surface area contributed by atoms with Crippen molar-refractivity contribution < 1.29 is 53.6 Å². The molecule has 0 aromatic heterocycles. The lowest BCUT2D eigenvalue weighted by molar-refractivity contribution is -0.271. The van der Waals surface area contributed by atoms with Gasteiger partial charge in [-0.15, -0.1) is 0 Å². The molecule has 0 amide bonds. The van der Waals surface area contributed by atoms with E-state index in [1.807, 2.05) is 12.1 Å². The van der Waals surface area contributed by atoms with Gasteiger partial charge in [-0.25, -0.2) is 4.79 Å². The van der Waals surface area contributed by atoms with Crippen LogP contribution in [-0.4, -0.2) is 84.1 Å². The summed E-state index contributed by atoms with van der Waals surface area (Å²) >= 11 is 0. The minimum atomic E-state index is -1.80. The molecule has 5 N–H and O–H groups in total. The van der Waals surface area contributed by atoms with Crippen molar-refractivity contribution in [1.29, 1.82) is 0 Å². The van der Waals surface area contributed by atoms with Gasteiger partial charge in [0.1, 0.15) is 42.6 Å². The van der Waals surface area contributed by atoms with E-state index in [1.165, 1.54) is 0 Å². The smallest absolute Gasteiger partial charge is 0.335 e. The van der Waals surface area contributed by atoms with Crippen LogP contribution in [0.1, 0.15) is 43.4 Å². The van der Waals surface area contributed by atoms with Gasteiger partial charge in [0.2, 0.25) is 12.0 Å². The molecule has 1 saturated heterocycles. The molecule has 12 nitrogen and oxygen atoms in total. The van der Waals surface area contributed by atoms with Crippen LogP contribution in [0.2, 0.25) is 0 Å². The zero-order valence-corrected chi connectivity index (χ0v) is 22.5. The first-order valence-corrected chi connectivity index (χ1v) is 13.3. The van der Waals surface area contributed by atoms with Crippen LogP contribution < -0.4 is 29.0 Å². The molecule has 0 bridgehead atoms. The number of hydrogen-bond acceptors (Lipinski definition) is 11. The lowest BCUT2D eigenvalue weighted by atomic mass is 9.89. The van der Waals surface area contributed by atoms with Crippen LogP contribution in [0.25, 0.3) is 0 Å². The number of rotatable bonds is 10. The molecule has 2 aromatic rings. The Labute approximate surface area is 231 Å². The molecular formula is C28H35NO11. The first-order chi connectivity index (χ1) is 19.2. The number of carboxylic acid groups (broad SMARTS) is 1. The van der Waals surface area contributed by atoms with Gasteiger partial charge in [-0.3, -0.25) is 5.32 Å². The van der Waals surface area contributed by atoms with E-state index < -0.39 is 36.7 Å². The molecule has 2 aromatic carbocycles. The highest BCUT2D eigenvalue weighted by Crippen LogP contribution is 2.56. The molecular weight excluding hydrogens is 526 g/mol. The van der Waals surface area contributed by atoms with E-state index >= 15 is 0 Å². The predicted octanol–water partition coefficient (Wildman–Crippen LogP) is 1.55. The number of ether oxygens (including phenoxy) is 6. The summed E-state index contributed by atoms with van der Waals surface area (Å²) in [5, 5.41) is 42.8. The number of fused-ring (bicyclic) bond motifs is 5. The Hall–Kier alpha value is -3.29. The third-order valence-corrected chi connectivity index (χ3v) is 7.32. The highest BCUT2D eigenvalue weighted by atomic mass is 16.7. The van der Waals surface area contributed by atoms with Crippen molar-refractivity contribution in [3.05, 3.63) is 41.5 Å². The summed E-state index contributed by atoms with van der Waals surface area (Å²) in [5.74, 6) is 1.40. The van der Waals surface area contributed by atoms with Crippen molar-refractivity contribution in [1.82, 2.24) is 5.32 Å². The van der Waals surface area contributed by atoms with Gasteiger partial charge in [-0.1, -0.05) is 19.9 Å². The van der Waals surface area contributed by atoms with Crippen molar-refractivity contribution in [3.63, 3.8) is 0 Å². The minimum absolute atomic E-state index is 0.0853. The summed E-state index contributed by atoms with van der Waals surface area (Å²) in [6, 6.07) is 8.76. The maximum absolute atomic E-state index is 11.4. The predicted molar refractivity (Wildman–Crippen MR) is 139 cm³/mol. The van der Waals surface area contributed by atoms with Crippen molar-refractivity contribution in [2.45, 2.75) is 63.0 Å². The summed E-state index contributed by atoms with van der Waals surface area (Å²) in [5.41, 5.74) is 1.71. The van der Waals surface area contributed by atoms with Gasteiger partial charge in [0, 0.05) is 17.2 Å². The molecule has 3 aliphatic rings. The van der Waals surface area contributed by atoms with E-state index in [0.717, 1.165) is 24.1 Å². The molecule has 0 spiro atoms. The van der Waals surface area contributed by atoms with E-state index in [9.17, 15) is 25.2 Å². The largest absolute Gasteiger partial charge is 0.492 e. The molecule has 0 radical (unpaired) electrons. The molecule has 7 unspecified atom stereocenters. The maximum Gasteiger partial charge on any atom is 0.335 e. The van der Waals surface area contributed by atoms with Crippen LogP contribution in [-0.2, 0) is 9.53 Å². The van der Waals surface area contributed by atoms with Gasteiger partial charge in [0.25, 0.3) is 0 Å². The fraction of sp³-hybridized carbons (Fsp3) is 0.536. The fourth-order valence-corrected chi connectivity index (χ4v) is 5.11. The van der Waals surface area contributed by atoms with Crippen LogP contribution in [0.5, 0.6) is 28.7 Å². The number of aliphatic hydroxyl groups excluding tert-OH is 3. The highest BCUT2D eigenvalue weighted by molar-refractivity contribution is 5.73. The van der Waals surface area contributed by atoms with Gasteiger partial charge in [-0.05, 0) is 37.1 Å². The Morgan fingerprint density at radius 1 is 1.10 bits per heavy atom. The third kappa shape index (κ3) is 5.37. The maximum atomic E-state index is 11.4. The molecule has 218 valence electrons. The normalized spacial score (nSPS) is 28.5. The van der Waals surface area contributed by atoms with Crippen molar-refractivity contribution >= 4 is 5.97 Å². The molecule has 0 aliphatic carbocycles. The van der Waals surface area contributed by atoms with E-state index in [2.05, 4.69) is 19.2 Å². The number of aliphatic hydroxyl groups is 3. The standard InChI is InChI=1S/C28H35NO11/c1-13(2)8-9-29-12-37-18-7-6-15-17-11-36-19-10-14(4-5-16(19)23(17)39-24(15)25(18)35-3)38-28-22(32)20(30)21(31)26(40-28)27(33)34/h4-7,10,13,17,20-23,26,28-32H,8-9,11-12H2,1-3H3,(H,33,34). The zero-order chi connectivity index (χ0) is 28.6. The van der Waals surface area contributed by atoms with Gasteiger partial charge in [0.15, 0.2) is 17.6 Å². The molecule has 1 fully saturated rings. The average Bonchev–Trinajstić information content (AvgIpc) is 3.31. The Morgan fingerprint density at radius 3 is 2.60 bits per heavy atom. The number of nitrogens with one attached hydrogen (secondary N) is 1. The quantitative estimate of drug-likeness (QED) is 0.210. The molecule has 5 rings (SSSR count). The lowest BCUT2D eigenvalue weighted by Crippen LogP contribution is -2.61.